The molecule has 0 atom stereocenters. The molecule has 8 heteroatoms. The van der Waals surface area contributed by atoms with Crippen LogP contribution in [-0.4, -0.2) is 11.9 Å². The van der Waals surface area contributed by atoms with Crippen LogP contribution >= 0.6 is 46.4 Å². The van der Waals surface area contributed by atoms with Gasteiger partial charge < -0.3 is 9.47 Å². The third-order valence-electron chi connectivity index (χ3n) is 3.42. The summed E-state index contributed by atoms with van der Waals surface area (Å²) in [5.74, 6) is -1.36. The number of carbonyl (C=O) groups excluding carboxylic acids is 2. The Hall–Kier alpha value is -1.72. The zero-order valence-electron chi connectivity index (χ0n) is 14.1. The number of hydrogen-bond donors (Lipinski definition) is 0. The molecule has 0 aliphatic carbocycles. The van der Waals surface area contributed by atoms with E-state index < -0.39 is 11.9 Å². The molecule has 2 aromatic rings. The van der Waals surface area contributed by atoms with Crippen molar-refractivity contribution in [1.29, 1.82) is 0 Å². The first kappa shape index (κ1) is 21.6. The Balaban J connectivity index is 1.89. The molecule has 0 spiro atoms. The molecule has 0 radical (unpaired) electrons. The van der Waals surface area contributed by atoms with Crippen molar-refractivity contribution in [2.75, 3.05) is 0 Å². The molecule has 0 saturated heterocycles. The average molecular weight is 448 g/mol. The summed E-state index contributed by atoms with van der Waals surface area (Å²) in [6, 6.07) is 9.68. The van der Waals surface area contributed by atoms with Gasteiger partial charge in [-0.1, -0.05) is 58.5 Å². The maximum Gasteiger partial charge on any atom is 0.334 e. The first-order valence-corrected chi connectivity index (χ1v) is 9.17. The van der Waals surface area contributed by atoms with Crippen LogP contribution in [0.15, 0.2) is 48.0 Å². The molecule has 0 aromatic heterocycles. The molecule has 2 aromatic carbocycles. The summed E-state index contributed by atoms with van der Waals surface area (Å²) in [6.45, 7) is 1.35. The SMILES string of the molecule is C/C(=C\C(=O)OCc1ccc(Cl)cc1Cl)C(=O)OCc1ccc(Cl)cc1Cl. The van der Waals surface area contributed by atoms with Gasteiger partial charge in [0.25, 0.3) is 0 Å². The van der Waals surface area contributed by atoms with Gasteiger partial charge in [-0.05, 0) is 31.2 Å². The second-order valence-corrected chi connectivity index (χ2v) is 7.17. The lowest BCUT2D eigenvalue weighted by atomic mass is 10.2. The van der Waals surface area contributed by atoms with E-state index in [9.17, 15) is 9.59 Å². The molecule has 0 heterocycles. The third-order valence-corrected chi connectivity index (χ3v) is 4.59. The zero-order chi connectivity index (χ0) is 20.0. The minimum atomic E-state index is -0.694. The van der Waals surface area contributed by atoms with Crippen molar-refractivity contribution in [3.05, 3.63) is 79.3 Å². The number of halogens is 4. The second-order valence-electron chi connectivity index (χ2n) is 5.48. The average Bonchev–Trinajstić information content (AvgIpc) is 2.60. The maximum absolute atomic E-state index is 12.0. The summed E-state index contributed by atoms with van der Waals surface area (Å²) in [5, 5.41) is 1.73. The van der Waals surface area contributed by atoms with Crippen LogP contribution in [0, 0.1) is 0 Å². The standard InChI is InChI=1S/C19H14Cl4O4/c1-11(19(25)27-10-13-3-5-15(21)8-17(13)23)6-18(24)26-9-12-2-4-14(20)7-16(12)22/h2-8H,9-10H2,1H3/b11-6+. The first-order chi connectivity index (χ1) is 12.8. The Morgan fingerprint density at radius 3 is 1.81 bits per heavy atom. The highest BCUT2D eigenvalue weighted by atomic mass is 35.5. The van der Waals surface area contributed by atoms with Crippen LogP contribution in [0.3, 0.4) is 0 Å². The topological polar surface area (TPSA) is 52.6 Å². The van der Waals surface area contributed by atoms with Gasteiger partial charge in [0.1, 0.15) is 13.2 Å². The van der Waals surface area contributed by atoms with Gasteiger partial charge in [-0.3, -0.25) is 0 Å². The molecule has 0 aliphatic heterocycles. The largest absolute Gasteiger partial charge is 0.458 e. The molecule has 2 rings (SSSR count). The monoisotopic (exact) mass is 446 g/mol. The summed E-state index contributed by atoms with van der Waals surface area (Å²) in [4.78, 5) is 23.9. The summed E-state index contributed by atoms with van der Waals surface area (Å²) < 4.78 is 10.2. The van der Waals surface area contributed by atoms with E-state index >= 15 is 0 Å². The Morgan fingerprint density at radius 1 is 0.852 bits per heavy atom. The highest BCUT2D eigenvalue weighted by Crippen LogP contribution is 2.23. The van der Waals surface area contributed by atoms with Crippen LogP contribution < -0.4 is 0 Å². The minimum absolute atomic E-state index is 0.0462. The number of carbonyl (C=O) groups is 2. The fourth-order valence-electron chi connectivity index (χ4n) is 1.96. The van der Waals surface area contributed by atoms with Crippen molar-refractivity contribution in [1.82, 2.24) is 0 Å². The lowest BCUT2D eigenvalue weighted by Gasteiger charge is -2.08. The Bertz CT molecular complexity index is 893. The van der Waals surface area contributed by atoms with Crippen LogP contribution in [0.25, 0.3) is 0 Å². The van der Waals surface area contributed by atoms with Gasteiger partial charge in [0.15, 0.2) is 0 Å². The number of benzene rings is 2. The molecular weight excluding hydrogens is 434 g/mol. The second kappa shape index (κ2) is 10.00. The van der Waals surface area contributed by atoms with E-state index in [0.717, 1.165) is 6.08 Å². The lowest BCUT2D eigenvalue weighted by Crippen LogP contribution is -2.09. The van der Waals surface area contributed by atoms with Gasteiger partial charge in [-0.15, -0.1) is 0 Å². The summed E-state index contributed by atoms with van der Waals surface area (Å²) in [5.41, 5.74) is 1.29. The lowest BCUT2D eigenvalue weighted by molar-refractivity contribution is -0.142. The fraction of sp³-hybridized carbons (Fsp3) is 0.158. The van der Waals surface area contributed by atoms with Gasteiger partial charge in [-0.25, -0.2) is 9.59 Å². The zero-order valence-corrected chi connectivity index (χ0v) is 17.1. The molecule has 0 N–H and O–H groups in total. The fourth-order valence-corrected chi connectivity index (χ4v) is 2.89. The third kappa shape index (κ3) is 6.74. The van der Waals surface area contributed by atoms with E-state index in [2.05, 4.69) is 0 Å². The smallest absolute Gasteiger partial charge is 0.334 e. The van der Waals surface area contributed by atoms with Gasteiger partial charge in [0, 0.05) is 42.9 Å². The van der Waals surface area contributed by atoms with E-state index in [0.29, 0.717) is 31.2 Å². The van der Waals surface area contributed by atoms with Crippen molar-refractivity contribution < 1.29 is 19.1 Å². The summed E-state index contributed by atoms with van der Waals surface area (Å²) in [7, 11) is 0. The Kier molecular flexibility index (Phi) is 7.99. The van der Waals surface area contributed by atoms with Crippen molar-refractivity contribution in [2.45, 2.75) is 20.1 Å². The van der Waals surface area contributed by atoms with Gasteiger partial charge in [0.2, 0.25) is 0 Å². The van der Waals surface area contributed by atoms with E-state index in [1.165, 1.54) is 6.92 Å². The van der Waals surface area contributed by atoms with E-state index in [1.54, 1.807) is 36.4 Å². The molecule has 0 unspecified atom stereocenters. The predicted molar refractivity (Wildman–Crippen MR) is 106 cm³/mol. The van der Waals surface area contributed by atoms with E-state index in [-0.39, 0.29) is 18.8 Å². The van der Waals surface area contributed by atoms with E-state index in [1.807, 2.05) is 0 Å². The molecule has 0 aliphatic rings. The minimum Gasteiger partial charge on any atom is -0.458 e. The quantitative estimate of drug-likeness (QED) is 0.400. The molecular formula is C19H14Cl4O4. The van der Waals surface area contributed by atoms with E-state index in [4.69, 9.17) is 55.9 Å². The number of ether oxygens (including phenoxy) is 2. The van der Waals surface area contributed by atoms with Gasteiger partial charge in [0.05, 0.1) is 0 Å². The van der Waals surface area contributed by atoms with Crippen LogP contribution in [0.5, 0.6) is 0 Å². The van der Waals surface area contributed by atoms with Crippen LogP contribution in [0.4, 0.5) is 0 Å². The molecule has 0 bridgehead atoms. The number of rotatable bonds is 6. The van der Waals surface area contributed by atoms with Crippen LogP contribution in [0.1, 0.15) is 18.1 Å². The summed E-state index contributed by atoms with van der Waals surface area (Å²) in [6.07, 6.45) is 1.05. The van der Waals surface area contributed by atoms with Crippen molar-refractivity contribution in [2.24, 2.45) is 0 Å². The van der Waals surface area contributed by atoms with Crippen molar-refractivity contribution in [3.63, 3.8) is 0 Å². The Morgan fingerprint density at radius 2 is 1.33 bits per heavy atom. The summed E-state index contributed by atoms with van der Waals surface area (Å²) >= 11 is 23.6. The normalized spacial score (nSPS) is 11.2. The number of esters is 2. The first-order valence-electron chi connectivity index (χ1n) is 7.66. The predicted octanol–water partition coefficient (Wildman–Crippen LogP) is 6.03. The van der Waals surface area contributed by atoms with Crippen molar-refractivity contribution >= 4 is 58.3 Å². The molecule has 142 valence electrons. The molecule has 0 saturated carbocycles. The Labute approximate surface area is 176 Å². The van der Waals surface area contributed by atoms with Crippen molar-refractivity contribution in [3.8, 4) is 0 Å². The highest BCUT2D eigenvalue weighted by molar-refractivity contribution is 6.35. The highest BCUT2D eigenvalue weighted by Gasteiger charge is 2.11. The van der Waals surface area contributed by atoms with Gasteiger partial charge in [-0.2, -0.15) is 0 Å². The molecule has 0 fully saturated rings. The van der Waals surface area contributed by atoms with Crippen LogP contribution in [-0.2, 0) is 32.3 Å². The molecule has 4 nitrogen and oxygen atoms in total. The molecule has 27 heavy (non-hydrogen) atoms. The maximum atomic E-state index is 12.0. The molecule has 0 amide bonds. The van der Waals surface area contributed by atoms with Gasteiger partial charge >= 0.3 is 11.9 Å². The van der Waals surface area contributed by atoms with Crippen LogP contribution in [0.2, 0.25) is 20.1 Å². The number of hydrogen-bond acceptors (Lipinski definition) is 4.